The lowest BCUT2D eigenvalue weighted by Crippen LogP contribution is -2.14. The van der Waals surface area contributed by atoms with Crippen LogP contribution >= 0.6 is 0 Å². The van der Waals surface area contributed by atoms with Crippen LogP contribution in [0.1, 0.15) is 31.7 Å². The van der Waals surface area contributed by atoms with Crippen LogP contribution in [-0.2, 0) is 6.42 Å². The molecule has 94 valence electrons. The molecule has 1 rings (SSSR count). The van der Waals surface area contributed by atoms with Crippen LogP contribution in [0.3, 0.4) is 0 Å². The fourth-order valence-corrected chi connectivity index (χ4v) is 1.38. The predicted octanol–water partition coefficient (Wildman–Crippen LogP) is 1.98. The molecule has 0 amide bonds. The van der Waals surface area contributed by atoms with Gasteiger partial charge in [0.05, 0.1) is 5.56 Å². The molecule has 0 saturated heterocycles. The van der Waals surface area contributed by atoms with Gasteiger partial charge in [0.2, 0.25) is 5.88 Å². The van der Waals surface area contributed by atoms with Crippen molar-refractivity contribution in [2.24, 2.45) is 5.84 Å². The molecule has 5 heteroatoms. The molecule has 0 unspecified atom stereocenters. The number of hydrogen-bond donors (Lipinski definition) is 2. The predicted molar refractivity (Wildman–Crippen MR) is 68.9 cm³/mol. The quantitative estimate of drug-likeness (QED) is 0.449. The Morgan fingerprint density at radius 3 is 2.76 bits per heavy atom. The normalized spacial score (nSPS) is 10.8. The number of rotatable bonds is 6. The minimum absolute atomic E-state index is 0.504. The zero-order valence-corrected chi connectivity index (χ0v) is 10.7. The summed E-state index contributed by atoms with van der Waals surface area (Å²) in [6.07, 6.45) is 5.67. The Morgan fingerprint density at radius 2 is 2.18 bits per heavy atom. The lowest BCUT2D eigenvalue weighted by molar-refractivity contribution is 0.343. The molecule has 17 heavy (non-hydrogen) atoms. The summed E-state index contributed by atoms with van der Waals surface area (Å²) >= 11 is 0. The summed E-state index contributed by atoms with van der Waals surface area (Å²) in [6, 6.07) is 0. The standard InChI is InChI=1S/C12H20N4O/c1-4-6-8-17-12-9(3)11(16-13)14-10(15-12)7-5-2/h4,6H,5,7-8,13H2,1-3H3,(H,14,15,16)/b6-4+. The van der Waals surface area contributed by atoms with Crippen molar-refractivity contribution < 1.29 is 4.74 Å². The molecule has 3 N–H and O–H groups in total. The first-order valence-corrected chi connectivity index (χ1v) is 5.81. The van der Waals surface area contributed by atoms with E-state index in [9.17, 15) is 0 Å². The van der Waals surface area contributed by atoms with E-state index in [4.69, 9.17) is 10.6 Å². The molecular weight excluding hydrogens is 216 g/mol. The van der Waals surface area contributed by atoms with Crippen LogP contribution in [0.25, 0.3) is 0 Å². The third-order valence-corrected chi connectivity index (χ3v) is 2.31. The van der Waals surface area contributed by atoms with Gasteiger partial charge in [0.25, 0.3) is 0 Å². The highest BCUT2D eigenvalue weighted by molar-refractivity contribution is 5.47. The Bertz CT molecular complexity index is 390. The number of hydrogen-bond acceptors (Lipinski definition) is 5. The molecule has 0 bridgehead atoms. The van der Waals surface area contributed by atoms with Crippen molar-refractivity contribution in [3.8, 4) is 5.88 Å². The Morgan fingerprint density at radius 1 is 1.41 bits per heavy atom. The molecule has 0 radical (unpaired) electrons. The van der Waals surface area contributed by atoms with E-state index in [0.29, 0.717) is 18.3 Å². The number of aryl methyl sites for hydroxylation is 1. The zero-order valence-electron chi connectivity index (χ0n) is 10.7. The van der Waals surface area contributed by atoms with Gasteiger partial charge >= 0.3 is 0 Å². The fourth-order valence-electron chi connectivity index (χ4n) is 1.38. The average Bonchev–Trinajstić information content (AvgIpc) is 2.33. The van der Waals surface area contributed by atoms with Gasteiger partial charge in [-0.05, 0) is 20.3 Å². The van der Waals surface area contributed by atoms with E-state index in [2.05, 4.69) is 22.3 Å². The Labute approximate surface area is 102 Å². The first-order chi connectivity index (χ1) is 8.22. The minimum atomic E-state index is 0.504. The first kappa shape index (κ1) is 13.4. The van der Waals surface area contributed by atoms with Crippen molar-refractivity contribution in [3.63, 3.8) is 0 Å². The van der Waals surface area contributed by atoms with Crippen molar-refractivity contribution >= 4 is 5.82 Å². The van der Waals surface area contributed by atoms with Gasteiger partial charge < -0.3 is 10.2 Å². The molecule has 0 saturated carbocycles. The van der Waals surface area contributed by atoms with Crippen molar-refractivity contribution in [1.29, 1.82) is 0 Å². The maximum Gasteiger partial charge on any atom is 0.222 e. The van der Waals surface area contributed by atoms with Crippen LogP contribution in [-0.4, -0.2) is 16.6 Å². The highest BCUT2D eigenvalue weighted by atomic mass is 16.5. The van der Waals surface area contributed by atoms with E-state index >= 15 is 0 Å². The van der Waals surface area contributed by atoms with Crippen molar-refractivity contribution in [1.82, 2.24) is 9.97 Å². The van der Waals surface area contributed by atoms with Gasteiger partial charge in [0, 0.05) is 6.42 Å². The monoisotopic (exact) mass is 236 g/mol. The number of allylic oxidation sites excluding steroid dienone is 1. The molecule has 1 heterocycles. The largest absolute Gasteiger partial charge is 0.473 e. The summed E-state index contributed by atoms with van der Waals surface area (Å²) in [7, 11) is 0. The number of nitrogens with two attached hydrogens (primary N) is 1. The second kappa shape index (κ2) is 6.85. The molecule has 0 aliphatic heterocycles. The van der Waals surface area contributed by atoms with Crippen molar-refractivity contribution in [3.05, 3.63) is 23.5 Å². The second-order valence-corrected chi connectivity index (χ2v) is 3.69. The molecule has 1 aromatic heterocycles. The molecule has 1 aromatic rings. The highest BCUT2D eigenvalue weighted by Crippen LogP contribution is 2.21. The first-order valence-electron chi connectivity index (χ1n) is 5.81. The van der Waals surface area contributed by atoms with E-state index in [1.165, 1.54) is 0 Å². The highest BCUT2D eigenvalue weighted by Gasteiger charge is 2.10. The average molecular weight is 236 g/mol. The Balaban J connectivity index is 2.95. The molecule has 0 aliphatic carbocycles. The van der Waals surface area contributed by atoms with E-state index in [1.54, 1.807) is 0 Å². The van der Waals surface area contributed by atoms with Gasteiger partial charge in [-0.1, -0.05) is 19.1 Å². The molecular formula is C12H20N4O. The van der Waals surface area contributed by atoms with Crippen LogP contribution in [0.15, 0.2) is 12.2 Å². The van der Waals surface area contributed by atoms with E-state index < -0.39 is 0 Å². The van der Waals surface area contributed by atoms with Crippen LogP contribution in [0.5, 0.6) is 5.88 Å². The molecule has 0 aliphatic rings. The van der Waals surface area contributed by atoms with Gasteiger partial charge in [-0.25, -0.2) is 10.8 Å². The van der Waals surface area contributed by atoms with Gasteiger partial charge in [0.1, 0.15) is 18.2 Å². The smallest absolute Gasteiger partial charge is 0.222 e. The molecule has 0 spiro atoms. The summed E-state index contributed by atoms with van der Waals surface area (Å²) in [4.78, 5) is 8.70. The van der Waals surface area contributed by atoms with Crippen LogP contribution in [0, 0.1) is 6.92 Å². The molecule has 0 atom stereocenters. The summed E-state index contributed by atoms with van der Waals surface area (Å²) < 4.78 is 5.57. The zero-order chi connectivity index (χ0) is 12.7. The van der Waals surface area contributed by atoms with E-state index in [0.717, 1.165) is 24.2 Å². The topological polar surface area (TPSA) is 73.1 Å². The third kappa shape index (κ3) is 3.71. The van der Waals surface area contributed by atoms with Gasteiger partial charge in [-0.15, -0.1) is 0 Å². The molecule has 0 aromatic carbocycles. The number of anilines is 1. The maximum atomic E-state index is 5.57. The maximum absolute atomic E-state index is 5.57. The van der Waals surface area contributed by atoms with Crippen LogP contribution < -0.4 is 16.0 Å². The van der Waals surface area contributed by atoms with Crippen molar-refractivity contribution in [2.45, 2.75) is 33.6 Å². The SMILES string of the molecule is C/C=C/COc1nc(CCC)nc(NN)c1C. The number of aromatic nitrogens is 2. The Kier molecular flexibility index (Phi) is 5.42. The molecule has 0 fully saturated rings. The van der Waals surface area contributed by atoms with E-state index in [1.807, 2.05) is 26.0 Å². The minimum Gasteiger partial charge on any atom is -0.473 e. The second-order valence-electron chi connectivity index (χ2n) is 3.69. The fraction of sp³-hybridized carbons (Fsp3) is 0.500. The summed E-state index contributed by atoms with van der Waals surface area (Å²) in [5, 5.41) is 0. The lowest BCUT2D eigenvalue weighted by atomic mass is 10.3. The number of nitrogen functional groups attached to an aromatic ring is 1. The number of ether oxygens (including phenoxy) is 1. The lowest BCUT2D eigenvalue weighted by Gasteiger charge is -2.11. The number of nitrogens with zero attached hydrogens (tertiary/aromatic N) is 2. The van der Waals surface area contributed by atoms with Crippen LogP contribution in [0.2, 0.25) is 0 Å². The number of nitrogens with one attached hydrogen (secondary N) is 1. The Hall–Kier alpha value is -1.62. The van der Waals surface area contributed by atoms with E-state index in [-0.39, 0.29) is 0 Å². The van der Waals surface area contributed by atoms with Gasteiger partial charge in [-0.2, -0.15) is 4.98 Å². The van der Waals surface area contributed by atoms with Gasteiger partial charge in [0.15, 0.2) is 0 Å². The summed E-state index contributed by atoms with van der Waals surface area (Å²) in [5.74, 6) is 7.40. The third-order valence-electron chi connectivity index (χ3n) is 2.31. The van der Waals surface area contributed by atoms with Gasteiger partial charge in [-0.3, -0.25) is 0 Å². The summed E-state index contributed by atoms with van der Waals surface area (Å²) in [6.45, 7) is 6.42. The van der Waals surface area contributed by atoms with Crippen LogP contribution in [0.4, 0.5) is 5.82 Å². The summed E-state index contributed by atoms with van der Waals surface area (Å²) in [5.41, 5.74) is 3.41. The molecule has 5 nitrogen and oxygen atoms in total. The number of hydrazine groups is 1. The van der Waals surface area contributed by atoms with Crippen molar-refractivity contribution in [2.75, 3.05) is 12.0 Å².